The Morgan fingerprint density at radius 1 is 1.23 bits per heavy atom. The van der Waals surface area contributed by atoms with Crippen molar-refractivity contribution >= 4 is 17.8 Å². The molecule has 1 saturated heterocycles. The van der Waals surface area contributed by atoms with Gasteiger partial charge in [-0.3, -0.25) is 9.48 Å². The normalized spacial score (nSPS) is 16.1. The molecule has 2 amide bonds. The summed E-state index contributed by atoms with van der Waals surface area (Å²) in [6.45, 7) is 6.68. The maximum absolute atomic E-state index is 12.8. The Morgan fingerprint density at radius 2 is 2.03 bits per heavy atom. The van der Waals surface area contributed by atoms with E-state index < -0.39 is 5.60 Å². The number of pyridine rings is 1. The summed E-state index contributed by atoms with van der Waals surface area (Å²) in [5.74, 6) is 0.747. The highest BCUT2D eigenvalue weighted by Gasteiger charge is 2.30. The molecule has 3 aromatic rings. The van der Waals surface area contributed by atoms with Crippen LogP contribution in [0, 0.1) is 0 Å². The minimum absolute atomic E-state index is 0.0269. The zero-order valence-corrected chi connectivity index (χ0v) is 20.6. The van der Waals surface area contributed by atoms with Crippen LogP contribution < -0.4 is 10.1 Å². The zero-order chi connectivity index (χ0) is 25.2. The van der Waals surface area contributed by atoms with E-state index in [9.17, 15) is 9.59 Å². The van der Waals surface area contributed by atoms with Gasteiger partial charge in [0.05, 0.1) is 13.2 Å². The average molecular weight is 483 g/mol. The van der Waals surface area contributed by atoms with Gasteiger partial charge in [-0.15, -0.1) is 15.3 Å². The second kappa shape index (κ2) is 9.72. The molecule has 1 fully saturated rings. The Labute approximate surface area is 203 Å². The Bertz CT molecular complexity index is 1210. The van der Waals surface area contributed by atoms with Gasteiger partial charge in [-0.05, 0) is 45.7 Å². The molecule has 4 rings (SSSR count). The van der Waals surface area contributed by atoms with Crippen molar-refractivity contribution in [1.29, 1.82) is 0 Å². The molecule has 0 spiro atoms. The number of carbonyl (C=O) groups is 2. The minimum atomic E-state index is -0.555. The van der Waals surface area contributed by atoms with Crippen molar-refractivity contribution < 1.29 is 19.1 Å². The molecule has 1 N–H and O–H groups in total. The van der Waals surface area contributed by atoms with E-state index in [1.54, 1.807) is 42.7 Å². The van der Waals surface area contributed by atoms with Crippen LogP contribution in [0.1, 0.15) is 50.0 Å². The fourth-order valence-electron chi connectivity index (χ4n) is 3.95. The molecule has 0 aromatic carbocycles. The standard InChI is InChI=1S/C23H30N8O4/c1-23(2,3)35-22(33)30-11-7-8-15(12-30)31-14-24-27-19(31)17-9-6-10-18(25-17)26-20(32)16-13-29(4)28-21(16)34-5/h6,9-10,13-15H,7-8,11-12H2,1-5H3,(H,25,26,32)/t15-/m1/s1. The van der Waals surface area contributed by atoms with Crippen LogP contribution in [0.4, 0.5) is 10.6 Å². The first-order valence-electron chi connectivity index (χ1n) is 11.4. The number of rotatable bonds is 5. The van der Waals surface area contributed by atoms with E-state index >= 15 is 0 Å². The number of amides is 2. The molecule has 1 aliphatic heterocycles. The predicted molar refractivity (Wildman–Crippen MR) is 127 cm³/mol. The molecular weight excluding hydrogens is 452 g/mol. The first-order chi connectivity index (χ1) is 16.6. The monoisotopic (exact) mass is 482 g/mol. The lowest BCUT2D eigenvalue weighted by Crippen LogP contribution is -2.43. The molecule has 12 nitrogen and oxygen atoms in total. The van der Waals surface area contributed by atoms with Crippen molar-refractivity contribution in [3.63, 3.8) is 0 Å². The summed E-state index contributed by atoms with van der Waals surface area (Å²) < 4.78 is 14.1. The summed E-state index contributed by atoms with van der Waals surface area (Å²) in [5, 5.41) is 15.2. The van der Waals surface area contributed by atoms with E-state index in [1.807, 2.05) is 25.3 Å². The largest absolute Gasteiger partial charge is 0.479 e. The number of methoxy groups -OCH3 is 1. The number of aryl methyl sites for hydroxylation is 1. The summed E-state index contributed by atoms with van der Waals surface area (Å²) in [4.78, 5) is 31.6. The molecule has 186 valence electrons. The number of nitrogens with zero attached hydrogens (tertiary/aromatic N) is 7. The topological polar surface area (TPSA) is 129 Å². The third kappa shape index (κ3) is 5.58. The number of likely N-dealkylation sites (tertiary alicyclic amines) is 1. The van der Waals surface area contributed by atoms with Gasteiger partial charge in [-0.2, -0.15) is 0 Å². The molecule has 12 heteroatoms. The van der Waals surface area contributed by atoms with Crippen LogP contribution in [0.5, 0.6) is 5.88 Å². The highest BCUT2D eigenvalue weighted by Crippen LogP contribution is 2.28. The van der Waals surface area contributed by atoms with Crippen molar-refractivity contribution in [2.24, 2.45) is 7.05 Å². The smallest absolute Gasteiger partial charge is 0.410 e. The SMILES string of the molecule is COc1nn(C)cc1C(=O)Nc1cccc(-c2nncn2[C@@H]2CCCN(C(=O)OC(C)(C)C)C2)n1. The number of ether oxygens (including phenoxy) is 2. The van der Waals surface area contributed by atoms with Gasteiger partial charge in [0.15, 0.2) is 5.82 Å². The van der Waals surface area contributed by atoms with Gasteiger partial charge < -0.3 is 24.3 Å². The Kier molecular flexibility index (Phi) is 6.72. The molecular formula is C23H30N8O4. The van der Waals surface area contributed by atoms with Crippen molar-refractivity contribution in [2.45, 2.75) is 45.3 Å². The summed E-state index contributed by atoms with van der Waals surface area (Å²) in [5.41, 5.74) is 0.294. The van der Waals surface area contributed by atoms with E-state index in [4.69, 9.17) is 9.47 Å². The Hall–Kier alpha value is -3.96. The second-order valence-electron chi connectivity index (χ2n) is 9.37. The number of hydrogen-bond acceptors (Lipinski definition) is 8. The van der Waals surface area contributed by atoms with E-state index in [0.29, 0.717) is 36.0 Å². The van der Waals surface area contributed by atoms with E-state index in [2.05, 4.69) is 25.6 Å². The molecule has 0 saturated carbocycles. The molecule has 1 atom stereocenters. The van der Waals surface area contributed by atoms with E-state index in [-0.39, 0.29) is 23.9 Å². The molecule has 3 aromatic heterocycles. The Balaban J connectivity index is 1.52. The van der Waals surface area contributed by atoms with Crippen molar-refractivity contribution in [1.82, 2.24) is 34.4 Å². The fourth-order valence-corrected chi connectivity index (χ4v) is 3.95. The molecule has 0 radical (unpaired) electrons. The summed E-state index contributed by atoms with van der Waals surface area (Å²) in [6, 6.07) is 5.25. The van der Waals surface area contributed by atoms with Gasteiger partial charge in [-0.1, -0.05) is 6.07 Å². The quantitative estimate of drug-likeness (QED) is 0.588. The lowest BCUT2D eigenvalue weighted by atomic mass is 10.1. The first kappa shape index (κ1) is 24.2. The van der Waals surface area contributed by atoms with Crippen molar-refractivity contribution in [3.8, 4) is 17.4 Å². The average Bonchev–Trinajstić information content (AvgIpc) is 3.45. The summed E-state index contributed by atoms with van der Waals surface area (Å²) in [6.07, 6.45) is 4.59. The highest BCUT2D eigenvalue weighted by atomic mass is 16.6. The molecule has 1 aliphatic rings. The minimum Gasteiger partial charge on any atom is -0.479 e. The first-order valence-corrected chi connectivity index (χ1v) is 11.4. The van der Waals surface area contributed by atoms with Gasteiger partial charge in [0.2, 0.25) is 5.88 Å². The van der Waals surface area contributed by atoms with Gasteiger partial charge in [0.1, 0.15) is 29.0 Å². The summed E-state index contributed by atoms with van der Waals surface area (Å²) >= 11 is 0. The van der Waals surface area contributed by atoms with Gasteiger partial charge >= 0.3 is 6.09 Å². The zero-order valence-electron chi connectivity index (χ0n) is 20.6. The van der Waals surface area contributed by atoms with Crippen LogP contribution >= 0.6 is 0 Å². The summed E-state index contributed by atoms with van der Waals surface area (Å²) in [7, 11) is 3.17. The van der Waals surface area contributed by atoms with Crippen molar-refractivity contribution in [3.05, 3.63) is 36.3 Å². The number of hydrogen-bond donors (Lipinski definition) is 1. The number of piperidine rings is 1. The second-order valence-corrected chi connectivity index (χ2v) is 9.37. The van der Waals surface area contributed by atoms with E-state index in [0.717, 1.165) is 12.8 Å². The molecule has 0 aliphatic carbocycles. The molecule has 4 heterocycles. The van der Waals surface area contributed by atoms with Crippen LogP contribution in [-0.2, 0) is 11.8 Å². The van der Waals surface area contributed by atoms with Crippen molar-refractivity contribution in [2.75, 3.05) is 25.5 Å². The number of nitrogens with one attached hydrogen (secondary N) is 1. The fraction of sp³-hybridized carbons (Fsp3) is 0.478. The van der Waals surface area contributed by atoms with Crippen LogP contribution in [0.25, 0.3) is 11.5 Å². The van der Waals surface area contributed by atoms with Gasteiger partial charge in [-0.25, -0.2) is 9.78 Å². The number of aromatic nitrogens is 6. The maximum atomic E-state index is 12.8. The molecule has 35 heavy (non-hydrogen) atoms. The predicted octanol–water partition coefficient (Wildman–Crippen LogP) is 2.91. The van der Waals surface area contributed by atoms with Gasteiger partial charge in [0.25, 0.3) is 5.91 Å². The van der Waals surface area contributed by atoms with Crippen LogP contribution in [-0.4, -0.2) is 72.2 Å². The third-order valence-electron chi connectivity index (χ3n) is 5.47. The highest BCUT2D eigenvalue weighted by molar-refractivity contribution is 6.05. The number of anilines is 1. The molecule has 0 bridgehead atoms. The molecule has 0 unspecified atom stereocenters. The van der Waals surface area contributed by atoms with Crippen LogP contribution in [0.3, 0.4) is 0 Å². The number of carbonyl (C=O) groups excluding carboxylic acids is 2. The maximum Gasteiger partial charge on any atom is 0.410 e. The van der Waals surface area contributed by atoms with Gasteiger partial charge in [0, 0.05) is 26.3 Å². The van der Waals surface area contributed by atoms with E-state index in [1.165, 1.54) is 11.8 Å². The van der Waals surface area contributed by atoms with Crippen LogP contribution in [0.15, 0.2) is 30.7 Å². The lowest BCUT2D eigenvalue weighted by Gasteiger charge is -2.34. The Morgan fingerprint density at radius 3 is 2.77 bits per heavy atom. The third-order valence-corrected chi connectivity index (χ3v) is 5.47. The lowest BCUT2D eigenvalue weighted by molar-refractivity contribution is 0.0173. The van der Waals surface area contributed by atoms with Crippen LogP contribution in [0.2, 0.25) is 0 Å².